The van der Waals surface area contributed by atoms with Crippen molar-refractivity contribution in [1.82, 2.24) is 10.6 Å². The Morgan fingerprint density at radius 3 is 2.14 bits per heavy atom. The van der Waals surface area contributed by atoms with Gasteiger partial charge in [-0.1, -0.05) is 33.6 Å². The molecule has 1 unspecified atom stereocenters. The molecular formula is C15H26N2O4. The molecule has 0 aromatic rings. The van der Waals surface area contributed by atoms with E-state index in [2.05, 4.69) is 10.6 Å². The number of amides is 2. The van der Waals surface area contributed by atoms with Crippen molar-refractivity contribution in [1.29, 1.82) is 0 Å². The molecule has 1 aliphatic carbocycles. The Balaban J connectivity index is 2.53. The molecule has 1 rings (SSSR count). The van der Waals surface area contributed by atoms with E-state index in [1.165, 1.54) is 0 Å². The van der Waals surface area contributed by atoms with Crippen LogP contribution in [-0.2, 0) is 14.4 Å². The molecule has 0 aliphatic heterocycles. The number of carbonyl (C=O) groups excluding carboxylic acids is 2. The molecule has 0 radical (unpaired) electrons. The van der Waals surface area contributed by atoms with Crippen LogP contribution in [0.5, 0.6) is 0 Å². The van der Waals surface area contributed by atoms with Crippen LogP contribution in [0, 0.1) is 10.8 Å². The molecule has 0 saturated heterocycles. The highest BCUT2D eigenvalue weighted by Gasteiger charge is 2.41. The fourth-order valence-electron chi connectivity index (χ4n) is 2.41. The smallest absolute Gasteiger partial charge is 0.311 e. The molecule has 0 spiro atoms. The SMILES string of the molecule is CC(NC(=O)C(C)(C)C)C(=O)NCC1(C(=O)O)CCCC1. The third-order valence-corrected chi connectivity index (χ3v) is 4.04. The molecule has 0 heterocycles. The van der Waals surface area contributed by atoms with Gasteiger partial charge in [0.05, 0.1) is 5.41 Å². The van der Waals surface area contributed by atoms with Gasteiger partial charge in [0.1, 0.15) is 6.04 Å². The molecule has 0 bridgehead atoms. The number of hydrogen-bond acceptors (Lipinski definition) is 3. The summed E-state index contributed by atoms with van der Waals surface area (Å²) in [6, 6.07) is -0.677. The third-order valence-electron chi connectivity index (χ3n) is 4.04. The average molecular weight is 298 g/mol. The second-order valence-corrected chi connectivity index (χ2v) is 6.96. The molecule has 1 aliphatic rings. The van der Waals surface area contributed by atoms with E-state index in [4.69, 9.17) is 0 Å². The van der Waals surface area contributed by atoms with E-state index in [0.717, 1.165) is 12.8 Å². The monoisotopic (exact) mass is 298 g/mol. The lowest BCUT2D eigenvalue weighted by molar-refractivity contribution is -0.148. The van der Waals surface area contributed by atoms with Crippen LogP contribution in [0.25, 0.3) is 0 Å². The minimum absolute atomic E-state index is 0.122. The number of hydrogen-bond donors (Lipinski definition) is 3. The van der Waals surface area contributed by atoms with E-state index in [0.29, 0.717) is 12.8 Å². The second kappa shape index (κ2) is 6.45. The van der Waals surface area contributed by atoms with Crippen molar-refractivity contribution in [2.24, 2.45) is 10.8 Å². The number of carboxylic acids is 1. The van der Waals surface area contributed by atoms with Crippen LogP contribution < -0.4 is 10.6 Å². The Labute approximate surface area is 125 Å². The summed E-state index contributed by atoms with van der Waals surface area (Å²) in [7, 11) is 0. The number of nitrogens with one attached hydrogen (secondary N) is 2. The minimum atomic E-state index is -0.855. The topological polar surface area (TPSA) is 95.5 Å². The van der Waals surface area contributed by atoms with Gasteiger partial charge in [-0.3, -0.25) is 14.4 Å². The van der Waals surface area contributed by atoms with Crippen LogP contribution in [0.15, 0.2) is 0 Å². The number of carbonyl (C=O) groups is 3. The summed E-state index contributed by atoms with van der Waals surface area (Å²) in [6.07, 6.45) is 2.92. The summed E-state index contributed by atoms with van der Waals surface area (Å²) in [5.74, 6) is -1.41. The largest absolute Gasteiger partial charge is 0.481 e. The molecule has 6 heteroatoms. The van der Waals surface area contributed by atoms with Gasteiger partial charge in [0.2, 0.25) is 11.8 Å². The van der Waals surface area contributed by atoms with Crippen LogP contribution in [0.1, 0.15) is 53.4 Å². The maximum absolute atomic E-state index is 12.0. The van der Waals surface area contributed by atoms with Crippen LogP contribution in [0.2, 0.25) is 0 Å². The lowest BCUT2D eigenvalue weighted by atomic mass is 9.86. The van der Waals surface area contributed by atoms with Crippen molar-refractivity contribution in [3.8, 4) is 0 Å². The van der Waals surface area contributed by atoms with Crippen LogP contribution in [0.4, 0.5) is 0 Å². The van der Waals surface area contributed by atoms with E-state index < -0.39 is 22.8 Å². The highest BCUT2D eigenvalue weighted by atomic mass is 16.4. The normalized spacial score (nSPS) is 18.9. The highest BCUT2D eigenvalue weighted by molar-refractivity contribution is 5.89. The van der Waals surface area contributed by atoms with Crippen LogP contribution >= 0.6 is 0 Å². The molecule has 0 aromatic heterocycles. The third kappa shape index (κ3) is 4.44. The fourth-order valence-corrected chi connectivity index (χ4v) is 2.41. The van der Waals surface area contributed by atoms with Gasteiger partial charge in [0.25, 0.3) is 0 Å². The van der Waals surface area contributed by atoms with Gasteiger partial charge in [-0.25, -0.2) is 0 Å². The Morgan fingerprint density at radius 1 is 1.19 bits per heavy atom. The first-order chi connectivity index (χ1) is 9.58. The van der Waals surface area contributed by atoms with E-state index in [-0.39, 0.29) is 18.4 Å². The Morgan fingerprint density at radius 2 is 1.71 bits per heavy atom. The predicted molar refractivity (Wildman–Crippen MR) is 78.6 cm³/mol. The predicted octanol–water partition coefficient (Wildman–Crippen LogP) is 1.30. The van der Waals surface area contributed by atoms with Crippen molar-refractivity contribution in [2.75, 3.05) is 6.54 Å². The van der Waals surface area contributed by atoms with Crippen molar-refractivity contribution in [3.63, 3.8) is 0 Å². The Kier molecular flexibility index (Phi) is 5.36. The molecule has 0 aromatic carbocycles. The summed E-state index contributed by atoms with van der Waals surface area (Å²) in [6.45, 7) is 7.03. The molecule has 21 heavy (non-hydrogen) atoms. The molecule has 120 valence electrons. The Hall–Kier alpha value is -1.59. The first kappa shape index (κ1) is 17.5. The molecule has 3 N–H and O–H groups in total. The summed E-state index contributed by atoms with van der Waals surface area (Å²) >= 11 is 0. The van der Waals surface area contributed by atoms with E-state index >= 15 is 0 Å². The highest BCUT2D eigenvalue weighted by Crippen LogP contribution is 2.37. The lowest BCUT2D eigenvalue weighted by Crippen LogP contribution is -2.51. The van der Waals surface area contributed by atoms with Crippen LogP contribution in [-0.4, -0.2) is 35.5 Å². The van der Waals surface area contributed by atoms with Crippen molar-refractivity contribution >= 4 is 17.8 Å². The zero-order valence-electron chi connectivity index (χ0n) is 13.3. The maximum atomic E-state index is 12.0. The standard InChI is InChI=1S/C15H26N2O4/c1-10(17-12(19)14(2,3)4)11(18)16-9-15(13(20)21)7-5-6-8-15/h10H,5-9H2,1-4H3,(H,16,18)(H,17,19)(H,20,21). The molecule has 1 saturated carbocycles. The number of aliphatic carboxylic acids is 1. The molecule has 1 fully saturated rings. The van der Waals surface area contributed by atoms with Gasteiger partial charge in [0, 0.05) is 12.0 Å². The van der Waals surface area contributed by atoms with E-state index in [1.54, 1.807) is 27.7 Å². The van der Waals surface area contributed by atoms with Gasteiger partial charge < -0.3 is 15.7 Å². The van der Waals surface area contributed by atoms with E-state index in [1.807, 2.05) is 0 Å². The quantitative estimate of drug-likeness (QED) is 0.713. The lowest BCUT2D eigenvalue weighted by Gasteiger charge is -2.26. The van der Waals surface area contributed by atoms with Crippen molar-refractivity contribution in [2.45, 2.75) is 59.4 Å². The second-order valence-electron chi connectivity index (χ2n) is 6.96. The molecule has 6 nitrogen and oxygen atoms in total. The van der Waals surface area contributed by atoms with Crippen molar-refractivity contribution in [3.05, 3.63) is 0 Å². The summed E-state index contributed by atoms with van der Waals surface area (Å²) in [5, 5.41) is 14.7. The number of rotatable bonds is 5. The van der Waals surface area contributed by atoms with Gasteiger partial charge in [-0.05, 0) is 19.8 Å². The van der Waals surface area contributed by atoms with Crippen LogP contribution in [0.3, 0.4) is 0 Å². The van der Waals surface area contributed by atoms with Gasteiger partial charge in [0.15, 0.2) is 0 Å². The molecule has 1 atom stereocenters. The first-order valence-corrected chi connectivity index (χ1v) is 7.40. The zero-order chi connectivity index (χ0) is 16.3. The summed E-state index contributed by atoms with van der Waals surface area (Å²) < 4.78 is 0. The number of carboxylic acid groups (broad SMARTS) is 1. The van der Waals surface area contributed by atoms with Gasteiger partial charge in [-0.15, -0.1) is 0 Å². The average Bonchev–Trinajstić information content (AvgIpc) is 2.84. The van der Waals surface area contributed by atoms with Crippen molar-refractivity contribution < 1.29 is 19.5 Å². The maximum Gasteiger partial charge on any atom is 0.311 e. The Bertz CT molecular complexity index is 420. The zero-order valence-corrected chi connectivity index (χ0v) is 13.3. The minimum Gasteiger partial charge on any atom is -0.481 e. The van der Waals surface area contributed by atoms with Gasteiger partial charge in [-0.2, -0.15) is 0 Å². The van der Waals surface area contributed by atoms with Gasteiger partial charge >= 0.3 is 5.97 Å². The molecular weight excluding hydrogens is 272 g/mol. The first-order valence-electron chi connectivity index (χ1n) is 7.40. The molecule has 2 amide bonds. The summed E-state index contributed by atoms with van der Waals surface area (Å²) in [4.78, 5) is 35.2. The summed E-state index contributed by atoms with van der Waals surface area (Å²) in [5.41, 5.74) is -1.41. The van der Waals surface area contributed by atoms with E-state index in [9.17, 15) is 19.5 Å². The fraction of sp³-hybridized carbons (Fsp3) is 0.800.